The van der Waals surface area contributed by atoms with Crippen molar-refractivity contribution in [3.05, 3.63) is 75.9 Å². The summed E-state index contributed by atoms with van der Waals surface area (Å²) in [6.45, 7) is 4.05. The Morgan fingerprint density at radius 2 is 1.76 bits per heavy atom. The van der Waals surface area contributed by atoms with E-state index in [1.54, 1.807) is 47.1 Å². The van der Waals surface area contributed by atoms with Crippen molar-refractivity contribution in [1.29, 1.82) is 0 Å². The number of esters is 1. The minimum atomic E-state index is -0.477. The van der Waals surface area contributed by atoms with Crippen molar-refractivity contribution in [1.82, 2.24) is 9.78 Å². The summed E-state index contributed by atoms with van der Waals surface area (Å²) >= 11 is 11.9. The smallest absolute Gasteiger partial charge is 0.344 e. The second-order valence-corrected chi connectivity index (χ2v) is 6.72. The molecular weight excluding hydrogens is 359 g/mol. The molecule has 0 aliphatic heterocycles. The summed E-state index contributed by atoms with van der Waals surface area (Å²) in [5.41, 5.74) is 1.95. The van der Waals surface area contributed by atoms with Gasteiger partial charge in [-0.2, -0.15) is 5.10 Å². The predicted octanol–water partition coefficient (Wildman–Crippen LogP) is 5.52. The maximum absolute atomic E-state index is 12.4. The molecule has 6 heteroatoms. The quantitative estimate of drug-likeness (QED) is 0.564. The first-order valence-corrected chi connectivity index (χ1v) is 8.53. The van der Waals surface area contributed by atoms with Crippen molar-refractivity contribution >= 4 is 29.2 Å². The van der Waals surface area contributed by atoms with Gasteiger partial charge in [0.05, 0.1) is 16.9 Å². The molecule has 0 fully saturated rings. The lowest BCUT2D eigenvalue weighted by atomic mass is 10.1. The zero-order valence-corrected chi connectivity index (χ0v) is 15.3. The Bertz CT molecular complexity index is 902. The lowest BCUT2D eigenvalue weighted by molar-refractivity contribution is 0.0723. The Kier molecular flexibility index (Phi) is 5.11. The van der Waals surface area contributed by atoms with Crippen molar-refractivity contribution in [2.45, 2.75) is 19.8 Å². The zero-order chi connectivity index (χ0) is 18.0. The molecule has 0 bridgehead atoms. The molecule has 2 aromatic carbocycles. The summed E-state index contributed by atoms with van der Waals surface area (Å²) in [6.07, 6.45) is 0. The maximum atomic E-state index is 12.4. The van der Waals surface area contributed by atoms with Gasteiger partial charge >= 0.3 is 5.97 Å². The van der Waals surface area contributed by atoms with Crippen LogP contribution in [0, 0.1) is 0 Å². The molecule has 0 saturated carbocycles. The Balaban J connectivity index is 1.97. The van der Waals surface area contributed by atoms with Gasteiger partial charge in [-0.15, -0.1) is 0 Å². The van der Waals surface area contributed by atoms with Gasteiger partial charge < -0.3 is 4.74 Å². The summed E-state index contributed by atoms with van der Waals surface area (Å²) in [5, 5.41) is 5.68. The third kappa shape index (κ3) is 4.03. The Hall–Kier alpha value is -2.30. The molecule has 0 radical (unpaired) electrons. The number of aromatic nitrogens is 2. The highest BCUT2D eigenvalue weighted by atomic mass is 35.5. The number of hydrogen-bond donors (Lipinski definition) is 0. The molecule has 25 heavy (non-hydrogen) atoms. The third-order valence-electron chi connectivity index (χ3n) is 3.62. The standard InChI is InChI=1S/C19H16Cl2N2O2/c1-12(2)17-11-18(23(22-17)16-5-3-4-15(21)10-16)25-19(24)13-6-8-14(20)9-7-13/h3-12H,1-2H3. The van der Waals surface area contributed by atoms with Crippen LogP contribution in [0.5, 0.6) is 5.88 Å². The summed E-state index contributed by atoms with van der Waals surface area (Å²) in [7, 11) is 0. The van der Waals surface area contributed by atoms with Crippen LogP contribution in [0.4, 0.5) is 0 Å². The van der Waals surface area contributed by atoms with Gasteiger partial charge in [-0.25, -0.2) is 9.48 Å². The van der Waals surface area contributed by atoms with Crippen LogP contribution < -0.4 is 4.74 Å². The fraction of sp³-hybridized carbons (Fsp3) is 0.158. The molecule has 0 N–H and O–H groups in total. The van der Waals surface area contributed by atoms with E-state index in [9.17, 15) is 4.79 Å². The zero-order valence-electron chi connectivity index (χ0n) is 13.7. The molecule has 0 aliphatic rings. The van der Waals surface area contributed by atoms with Crippen LogP contribution in [0.25, 0.3) is 5.69 Å². The van der Waals surface area contributed by atoms with E-state index in [0.717, 1.165) is 11.4 Å². The fourth-order valence-electron chi connectivity index (χ4n) is 2.27. The molecule has 0 aliphatic carbocycles. The minimum absolute atomic E-state index is 0.188. The summed E-state index contributed by atoms with van der Waals surface area (Å²) in [4.78, 5) is 12.4. The average Bonchev–Trinajstić information content (AvgIpc) is 2.99. The average molecular weight is 375 g/mol. The van der Waals surface area contributed by atoms with E-state index in [1.165, 1.54) is 0 Å². The SMILES string of the molecule is CC(C)c1cc(OC(=O)c2ccc(Cl)cc2)n(-c2cccc(Cl)c2)n1. The predicted molar refractivity (Wildman–Crippen MR) is 99.1 cm³/mol. The van der Waals surface area contributed by atoms with Crippen LogP contribution in [0.2, 0.25) is 10.0 Å². The lowest BCUT2D eigenvalue weighted by Crippen LogP contribution is -2.11. The number of rotatable bonds is 4. The summed E-state index contributed by atoms with van der Waals surface area (Å²) < 4.78 is 7.15. The van der Waals surface area contributed by atoms with Gasteiger partial charge in [-0.1, -0.05) is 43.1 Å². The van der Waals surface area contributed by atoms with Crippen molar-refractivity contribution in [2.24, 2.45) is 0 Å². The van der Waals surface area contributed by atoms with E-state index >= 15 is 0 Å². The van der Waals surface area contributed by atoms with E-state index < -0.39 is 5.97 Å². The van der Waals surface area contributed by atoms with Crippen molar-refractivity contribution in [2.75, 3.05) is 0 Å². The van der Waals surface area contributed by atoms with Crippen LogP contribution in [0.1, 0.15) is 35.8 Å². The van der Waals surface area contributed by atoms with E-state index in [2.05, 4.69) is 5.10 Å². The molecule has 0 saturated heterocycles. The van der Waals surface area contributed by atoms with Gasteiger partial charge in [0.15, 0.2) is 0 Å². The van der Waals surface area contributed by atoms with Gasteiger partial charge in [0.25, 0.3) is 0 Å². The number of nitrogens with zero attached hydrogens (tertiary/aromatic N) is 2. The monoisotopic (exact) mass is 374 g/mol. The number of carbonyl (C=O) groups excluding carboxylic acids is 1. The van der Waals surface area contributed by atoms with Crippen molar-refractivity contribution in [3.63, 3.8) is 0 Å². The van der Waals surface area contributed by atoms with E-state index in [0.29, 0.717) is 21.5 Å². The summed E-state index contributed by atoms with van der Waals surface area (Å²) in [6, 6.07) is 15.5. The first-order chi connectivity index (χ1) is 11.9. The second-order valence-electron chi connectivity index (χ2n) is 5.85. The van der Waals surface area contributed by atoms with Crippen molar-refractivity contribution < 1.29 is 9.53 Å². The molecule has 1 aromatic heterocycles. The molecule has 128 valence electrons. The molecule has 0 unspecified atom stereocenters. The van der Waals surface area contributed by atoms with Gasteiger partial charge in [0.1, 0.15) is 0 Å². The maximum Gasteiger partial charge on any atom is 0.344 e. The Morgan fingerprint density at radius 3 is 2.40 bits per heavy atom. The highest BCUT2D eigenvalue weighted by molar-refractivity contribution is 6.31. The first-order valence-electron chi connectivity index (χ1n) is 7.77. The highest BCUT2D eigenvalue weighted by Gasteiger charge is 2.17. The van der Waals surface area contributed by atoms with Crippen LogP contribution >= 0.6 is 23.2 Å². The highest BCUT2D eigenvalue weighted by Crippen LogP contribution is 2.26. The van der Waals surface area contributed by atoms with Gasteiger partial charge in [0, 0.05) is 16.1 Å². The normalized spacial score (nSPS) is 10.9. The number of halogens is 2. The minimum Gasteiger partial charge on any atom is -0.404 e. The van der Waals surface area contributed by atoms with E-state index in [4.69, 9.17) is 27.9 Å². The lowest BCUT2D eigenvalue weighted by Gasteiger charge is -2.08. The number of hydrogen-bond acceptors (Lipinski definition) is 3. The Labute approximate surface area is 155 Å². The van der Waals surface area contributed by atoms with Crippen LogP contribution in [0.3, 0.4) is 0 Å². The second kappa shape index (κ2) is 7.30. The van der Waals surface area contributed by atoms with Crippen LogP contribution in [0.15, 0.2) is 54.6 Å². The Morgan fingerprint density at radius 1 is 1.04 bits per heavy atom. The topological polar surface area (TPSA) is 44.1 Å². The molecule has 3 rings (SSSR count). The van der Waals surface area contributed by atoms with Crippen LogP contribution in [-0.4, -0.2) is 15.7 Å². The molecule has 3 aromatic rings. The fourth-order valence-corrected chi connectivity index (χ4v) is 2.58. The largest absolute Gasteiger partial charge is 0.404 e. The van der Waals surface area contributed by atoms with Gasteiger partial charge in [-0.3, -0.25) is 0 Å². The number of carbonyl (C=O) groups is 1. The van der Waals surface area contributed by atoms with Crippen LogP contribution in [-0.2, 0) is 0 Å². The molecule has 0 spiro atoms. The molecule has 1 heterocycles. The van der Waals surface area contributed by atoms with Gasteiger partial charge in [-0.05, 0) is 48.4 Å². The number of benzene rings is 2. The third-order valence-corrected chi connectivity index (χ3v) is 4.10. The van der Waals surface area contributed by atoms with Gasteiger partial charge in [0.2, 0.25) is 5.88 Å². The molecule has 0 amide bonds. The molecular formula is C19H16Cl2N2O2. The first kappa shape index (κ1) is 17.5. The van der Waals surface area contributed by atoms with Crippen molar-refractivity contribution in [3.8, 4) is 11.6 Å². The molecule has 4 nitrogen and oxygen atoms in total. The van der Waals surface area contributed by atoms with E-state index in [-0.39, 0.29) is 5.92 Å². The summed E-state index contributed by atoms with van der Waals surface area (Å²) in [5.74, 6) is 0.0504. The molecule has 0 atom stereocenters. The number of ether oxygens (including phenoxy) is 1. The van der Waals surface area contributed by atoms with E-state index in [1.807, 2.05) is 26.0 Å².